The van der Waals surface area contributed by atoms with Crippen molar-refractivity contribution in [3.05, 3.63) is 17.5 Å². The fourth-order valence-electron chi connectivity index (χ4n) is 1.60. The van der Waals surface area contributed by atoms with E-state index in [1.165, 1.54) is 0 Å². The van der Waals surface area contributed by atoms with Gasteiger partial charge in [-0.1, -0.05) is 0 Å². The fourth-order valence-corrected chi connectivity index (χ4v) is 2.55. The minimum absolute atomic E-state index is 0.329. The molecule has 0 aliphatic rings. The van der Waals surface area contributed by atoms with Crippen molar-refractivity contribution in [2.24, 2.45) is 5.73 Å². The highest BCUT2D eigenvalue weighted by Gasteiger charge is 2.14. The third kappa shape index (κ3) is 4.34. The van der Waals surface area contributed by atoms with Crippen LogP contribution in [0.1, 0.15) is 25.2 Å². The van der Waals surface area contributed by atoms with Crippen molar-refractivity contribution < 1.29 is 9.53 Å². The first-order chi connectivity index (χ1) is 8.58. The van der Waals surface area contributed by atoms with Crippen LogP contribution in [0.25, 0.3) is 0 Å². The third-order valence-electron chi connectivity index (χ3n) is 2.42. The molecule has 0 saturated heterocycles. The number of nitrogens with two attached hydrogens (primary N) is 1. The van der Waals surface area contributed by atoms with Gasteiger partial charge >= 0.3 is 5.97 Å². The topological polar surface area (TPSA) is 70.1 Å². The van der Waals surface area contributed by atoms with E-state index in [1.54, 1.807) is 18.7 Å². The largest absolute Gasteiger partial charge is 0.465 e. The van der Waals surface area contributed by atoms with Crippen molar-refractivity contribution in [2.75, 3.05) is 12.4 Å². The molecule has 0 aliphatic heterocycles. The van der Waals surface area contributed by atoms with Gasteiger partial charge in [-0.05, 0) is 26.8 Å². The smallest absolute Gasteiger partial charge is 0.323 e. The molecule has 1 atom stereocenters. The van der Waals surface area contributed by atoms with Gasteiger partial charge in [0.15, 0.2) is 0 Å². The Morgan fingerprint density at radius 2 is 2.33 bits per heavy atom. The molecule has 1 aromatic rings. The fraction of sp³-hybridized carbons (Fsp3) is 0.667. The molecule has 1 rings (SSSR count). The van der Waals surface area contributed by atoms with E-state index in [0.717, 1.165) is 23.7 Å². The molecule has 5 nitrogen and oxygen atoms in total. The maximum atomic E-state index is 11.3. The summed E-state index contributed by atoms with van der Waals surface area (Å²) in [5.41, 5.74) is 7.90. The van der Waals surface area contributed by atoms with Crippen LogP contribution in [0.4, 0.5) is 0 Å². The van der Waals surface area contributed by atoms with Crippen LogP contribution < -0.4 is 5.73 Å². The molecular weight excluding hydrogens is 250 g/mol. The number of aryl methyl sites for hydroxylation is 2. The standard InChI is InChI=1S/C12H21N3O2S/c1-4-15-10(6-9(3)14-15)7-18-8-11(13)12(16)17-5-2/h6,11H,4-5,7-8,13H2,1-3H3. The van der Waals surface area contributed by atoms with Crippen molar-refractivity contribution in [1.29, 1.82) is 0 Å². The van der Waals surface area contributed by atoms with Crippen molar-refractivity contribution in [3.63, 3.8) is 0 Å². The van der Waals surface area contributed by atoms with E-state index < -0.39 is 6.04 Å². The summed E-state index contributed by atoms with van der Waals surface area (Å²) < 4.78 is 6.83. The molecular formula is C12H21N3O2S. The summed E-state index contributed by atoms with van der Waals surface area (Å²) in [6, 6.07) is 1.51. The van der Waals surface area contributed by atoms with Gasteiger partial charge in [0.25, 0.3) is 0 Å². The lowest BCUT2D eigenvalue weighted by Gasteiger charge is -2.10. The van der Waals surface area contributed by atoms with E-state index in [1.807, 2.05) is 11.6 Å². The second-order valence-electron chi connectivity index (χ2n) is 3.97. The van der Waals surface area contributed by atoms with E-state index in [9.17, 15) is 4.79 Å². The predicted octanol–water partition coefficient (Wildman–Crippen LogP) is 1.34. The van der Waals surface area contributed by atoms with Crippen LogP contribution in [-0.4, -0.2) is 34.2 Å². The second-order valence-corrected chi connectivity index (χ2v) is 5.00. The van der Waals surface area contributed by atoms with Gasteiger partial charge < -0.3 is 10.5 Å². The summed E-state index contributed by atoms with van der Waals surface area (Å²) in [5.74, 6) is 1.04. The van der Waals surface area contributed by atoms with Gasteiger partial charge in [-0.2, -0.15) is 16.9 Å². The number of esters is 1. The predicted molar refractivity (Wildman–Crippen MR) is 73.4 cm³/mol. The average Bonchev–Trinajstić information content (AvgIpc) is 2.70. The highest BCUT2D eigenvalue weighted by Crippen LogP contribution is 2.14. The zero-order valence-corrected chi connectivity index (χ0v) is 12.0. The summed E-state index contributed by atoms with van der Waals surface area (Å²) in [4.78, 5) is 11.3. The van der Waals surface area contributed by atoms with Gasteiger partial charge in [0.05, 0.1) is 12.3 Å². The summed E-state index contributed by atoms with van der Waals surface area (Å²) in [6.45, 7) is 7.04. The first kappa shape index (κ1) is 15.0. The van der Waals surface area contributed by atoms with Crippen LogP contribution >= 0.6 is 11.8 Å². The molecule has 1 heterocycles. The van der Waals surface area contributed by atoms with Crippen LogP contribution in [0, 0.1) is 6.92 Å². The Bertz CT molecular complexity index is 393. The summed E-state index contributed by atoms with van der Waals surface area (Å²) in [6.07, 6.45) is 0. The number of carbonyl (C=O) groups is 1. The molecule has 0 saturated carbocycles. The highest BCUT2D eigenvalue weighted by molar-refractivity contribution is 7.98. The zero-order chi connectivity index (χ0) is 13.5. The van der Waals surface area contributed by atoms with E-state index in [-0.39, 0.29) is 5.97 Å². The van der Waals surface area contributed by atoms with Gasteiger partial charge in [0, 0.05) is 23.7 Å². The third-order valence-corrected chi connectivity index (χ3v) is 3.52. The van der Waals surface area contributed by atoms with Gasteiger partial charge in [-0.3, -0.25) is 9.48 Å². The van der Waals surface area contributed by atoms with Crippen LogP contribution in [-0.2, 0) is 21.8 Å². The summed E-state index contributed by atoms with van der Waals surface area (Å²) in [7, 11) is 0. The molecule has 102 valence electrons. The van der Waals surface area contributed by atoms with Crippen LogP contribution in [0.2, 0.25) is 0 Å². The summed E-state index contributed by atoms with van der Waals surface area (Å²) >= 11 is 1.62. The van der Waals surface area contributed by atoms with Gasteiger partial charge in [-0.25, -0.2) is 0 Å². The van der Waals surface area contributed by atoms with E-state index in [4.69, 9.17) is 10.5 Å². The van der Waals surface area contributed by atoms with Crippen LogP contribution in [0.3, 0.4) is 0 Å². The van der Waals surface area contributed by atoms with Crippen molar-refractivity contribution in [3.8, 4) is 0 Å². The Hall–Kier alpha value is -1.01. The van der Waals surface area contributed by atoms with Crippen molar-refractivity contribution in [2.45, 2.75) is 39.1 Å². The Kier molecular flexibility index (Phi) is 6.21. The zero-order valence-electron chi connectivity index (χ0n) is 11.2. The van der Waals surface area contributed by atoms with Gasteiger partial charge in [0.1, 0.15) is 6.04 Å². The molecule has 1 unspecified atom stereocenters. The number of nitrogens with zero attached hydrogens (tertiary/aromatic N) is 2. The average molecular weight is 271 g/mol. The molecule has 18 heavy (non-hydrogen) atoms. The van der Waals surface area contributed by atoms with E-state index in [0.29, 0.717) is 12.4 Å². The first-order valence-electron chi connectivity index (χ1n) is 6.11. The normalized spacial score (nSPS) is 12.4. The molecule has 2 N–H and O–H groups in total. The van der Waals surface area contributed by atoms with Crippen molar-refractivity contribution >= 4 is 17.7 Å². The second kappa shape index (κ2) is 7.43. The molecule has 0 aliphatic carbocycles. The van der Waals surface area contributed by atoms with Gasteiger partial charge in [0.2, 0.25) is 0 Å². The lowest BCUT2D eigenvalue weighted by atomic mass is 10.4. The maximum Gasteiger partial charge on any atom is 0.323 e. The highest BCUT2D eigenvalue weighted by atomic mass is 32.2. The molecule has 0 fully saturated rings. The molecule has 6 heteroatoms. The molecule has 0 bridgehead atoms. The monoisotopic (exact) mass is 271 g/mol. The van der Waals surface area contributed by atoms with Gasteiger partial charge in [-0.15, -0.1) is 0 Å². The molecule has 0 amide bonds. The lowest BCUT2D eigenvalue weighted by molar-refractivity contribution is -0.144. The number of hydrogen-bond acceptors (Lipinski definition) is 5. The Morgan fingerprint density at radius 3 is 2.94 bits per heavy atom. The van der Waals surface area contributed by atoms with E-state index in [2.05, 4.69) is 18.1 Å². The first-order valence-corrected chi connectivity index (χ1v) is 7.27. The Labute approximate surface area is 112 Å². The maximum absolute atomic E-state index is 11.3. The Balaban J connectivity index is 2.39. The molecule has 0 radical (unpaired) electrons. The number of hydrogen-bond donors (Lipinski definition) is 1. The number of thioether (sulfide) groups is 1. The van der Waals surface area contributed by atoms with Crippen LogP contribution in [0.15, 0.2) is 6.07 Å². The minimum Gasteiger partial charge on any atom is -0.465 e. The number of ether oxygens (including phenoxy) is 1. The SMILES string of the molecule is CCOC(=O)C(N)CSCc1cc(C)nn1CC. The molecule has 0 spiro atoms. The number of carbonyl (C=O) groups excluding carboxylic acids is 1. The van der Waals surface area contributed by atoms with E-state index >= 15 is 0 Å². The number of aromatic nitrogens is 2. The quantitative estimate of drug-likeness (QED) is 0.758. The molecule has 0 aromatic carbocycles. The molecule has 1 aromatic heterocycles. The van der Waals surface area contributed by atoms with Crippen molar-refractivity contribution in [1.82, 2.24) is 9.78 Å². The Morgan fingerprint density at radius 1 is 1.61 bits per heavy atom. The summed E-state index contributed by atoms with van der Waals surface area (Å²) in [5, 5.41) is 4.37. The lowest BCUT2D eigenvalue weighted by Crippen LogP contribution is -2.34. The number of rotatable bonds is 7. The minimum atomic E-state index is -0.547. The van der Waals surface area contributed by atoms with Crippen LogP contribution in [0.5, 0.6) is 0 Å².